The molecule has 7 heteroatoms. The van der Waals surface area contributed by atoms with Crippen molar-refractivity contribution in [2.45, 2.75) is 18.8 Å². The minimum absolute atomic E-state index is 0.139. The first-order valence-corrected chi connectivity index (χ1v) is 9.65. The summed E-state index contributed by atoms with van der Waals surface area (Å²) in [7, 11) is 0. The van der Waals surface area contributed by atoms with E-state index in [1.165, 1.54) is 6.08 Å². The number of benzene rings is 2. The molecule has 0 radical (unpaired) electrons. The van der Waals surface area contributed by atoms with E-state index in [9.17, 15) is 14.4 Å². The number of carbonyl (C=O) groups is 3. The van der Waals surface area contributed by atoms with Gasteiger partial charge in [0.2, 0.25) is 13.6 Å². The maximum absolute atomic E-state index is 12.7. The van der Waals surface area contributed by atoms with Crippen LogP contribution in [0.5, 0.6) is 23.0 Å². The fourth-order valence-corrected chi connectivity index (χ4v) is 3.98. The van der Waals surface area contributed by atoms with Gasteiger partial charge >= 0.3 is 0 Å². The van der Waals surface area contributed by atoms with Crippen LogP contribution in [0.4, 0.5) is 0 Å². The molecule has 30 heavy (non-hydrogen) atoms. The van der Waals surface area contributed by atoms with Gasteiger partial charge in [0, 0.05) is 12.8 Å². The van der Waals surface area contributed by atoms with Crippen LogP contribution < -0.4 is 18.9 Å². The first-order valence-electron chi connectivity index (χ1n) is 9.65. The maximum atomic E-state index is 12.7. The number of carbonyl (C=O) groups excluding carboxylic acids is 3. The second-order valence-electron chi connectivity index (χ2n) is 7.43. The summed E-state index contributed by atoms with van der Waals surface area (Å²) in [6.45, 7) is 0.324. The van der Waals surface area contributed by atoms with Crippen molar-refractivity contribution in [3.8, 4) is 23.0 Å². The molecule has 2 aromatic rings. The predicted octanol–water partition coefficient (Wildman–Crippen LogP) is 3.06. The van der Waals surface area contributed by atoms with Gasteiger partial charge in [-0.2, -0.15) is 0 Å². The van der Waals surface area contributed by atoms with Crippen LogP contribution in [0.3, 0.4) is 0 Å². The van der Waals surface area contributed by atoms with Gasteiger partial charge in [0.15, 0.2) is 40.3 Å². The van der Waals surface area contributed by atoms with Gasteiger partial charge in [-0.25, -0.2) is 0 Å². The van der Waals surface area contributed by atoms with Gasteiger partial charge in [0.1, 0.15) is 5.92 Å². The van der Waals surface area contributed by atoms with Crippen molar-refractivity contribution in [1.29, 1.82) is 0 Å². The highest BCUT2D eigenvalue weighted by molar-refractivity contribution is 6.24. The van der Waals surface area contributed by atoms with Gasteiger partial charge in [-0.05, 0) is 47.4 Å². The number of hydrogen-bond donors (Lipinski definition) is 0. The van der Waals surface area contributed by atoms with E-state index < -0.39 is 11.7 Å². The lowest BCUT2D eigenvalue weighted by atomic mass is 9.75. The number of rotatable bonds is 4. The summed E-state index contributed by atoms with van der Waals surface area (Å²) in [5.74, 6) is -0.199. The van der Waals surface area contributed by atoms with E-state index in [2.05, 4.69) is 0 Å². The molecule has 0 aromatic heterocycles. The molecule has 7 nitrogen and oxygen atoms in total. The molecule has 2 aromatic carbocycles. The van der Waals surface area contributed by atoms with Crippen LogP contribution in [-0.2, 0) is 14.4 Å². The molecule has 0 amide bonds. The van der Waals surface area contributed by atoms with Crippen molar-refractivity contribution in [2.24, 2.45) is 5.92 Å². The molecule has 2 heterocycles. The van der Waals surface area contributed by atoms with E-state index in [0.717, 1.165) is 11.1 Å². The van der Waals surface area contributed by atoms with Crippen molar-refractivity contribution >= 4 is 23.4 Å². The number of fused-ring (bicyclic) bond motifs is 2. The summed E-state index contributed by atoms with van der Waals surface area (Å²) in [6.07, 6.45) is 3.15. The highest BCUT2D eigenvalue weighted by Crippen LogP contribution is 2.39. The molecule has 1 fully saturated rings. The Bertz CT molecular complexity index is 1070. The molecule has 1 saturated carbocycles. The molecule has 0 unspecified atom stereocenters. The smallest absolute Gasteiger partial charge is 0.231 e. The largest absolute Gasteiger partial charge is 0.454 e. The first kappa shape index (κ1) is 18.4. The highest BCUT2D eigenvalue weighted by atomic mass is 16.7. The number of allylic oxidation sites excluding steroid dienone is 1. The zero-order valence-corrected chi connectivity index (χ0v) is 16.0. The second-order valence-corrected chi connectivity index (χ2v) is 7.43. The Kier molecular flexibility index (Phi) is 4.50. The number of hydrogen-bond acceptors (Lipinski definition) is 7. The summed E-state index contributed by atoms with van der Waals surface area (Å²) in [5, 5.41) is 0. The molecular formula is C23H18O7. The number of ketones is 3. The zero-order chi connectivity index (χ0) is 20.7. The first-order chi connectivity index (χ1) is 14.6. The minimum Gasteiger partial charge on any atom is -0.454 e. The Labute approximate surface area is 172 Å². The van der Waals surface area contributed by atoms with E-state index in [-0.39, 0.29) is 43.9 Å². The maximum Gasteiger partial charge on any atom is 0.231 e. The lowest BCUT2D eigenvalue weighted by molar-refractivity contribution is -0.140. The summed E-state index contributed by atoms with van der Waals surface area (Å²) >= 11 is 0. The van der Waals surface area contributed by atoms with E-state index in [1.54, 1.807) is 36.4 Å². The fourth-order valence-electron chi connectivity index (χ4n) is 3.98. The van der Waals surface area contributed by atoms with Gasteiger partial charge in [-0.15, -0.1) is 0 Å². The van der Waals surface area contributed by atoms with Crippen LogP contribution in [0, 0.1) is 5.92 Å². The van der Waals surface area contributed by atoms with Crippen LogP contribution in [-0.4, -0.2) is 30.9 Å². The third-order valence-corrected chi connectivity index (χ3v) is 5.53. The van der Waals surface area contributed by atoms with Crippen LogP contribution in [0.15, 0.2) is 42.5 Å². The lowest BCUT2D eigenvalue weighted by Gasteiger charge is -2.25. The normalized spacial score (nSPS) is 22.0. The highest BCUT2D eigenvalue weighted by Gasteiger charge is 2.39. The van der Waals surface area contributed by atoms with Crippen molar-refractivity contribution in [3.63, 3.8) is 0 Å². The quantitative estimate of drug-likeness (QED) is 0.570. The molecule has 0 saturated heterocycles. The predicted molar refractivity (Wildman–Crippen MR) is 105 cm³/mol. The summed E-state index contributed by atoms with van der Waals surface area (Å²) in [6, 6.07) is 10.7. The summed E-state index contributed by atoms with van der Waals surface area (Å²) in [4.78, 5) is 37.9. The van der Waals surface area contributed by atoms with Crippen LogP contribution >= 0.6 is 0 Å². The molecule has 152 valence electrons. The summed E-state index contributed by atoms with van der Waals surface area (Å²) in [5.41, 5.74) is 1.56. The monoisotopic (exact) mass is 406 g/mol. The van der Waals surface area contributed by atoms with E-state index in [0.29, 0.717) is 23.0 Å². The third kappa shape index (κ3) is 3.32. The van der Waals surface area contributed by atoms with E-state index in [4.69, 9.17) is 18.9 Å². The zero-order valence-electron chi connectivity index (χ0n) is 16.0. The summed E-state index contributed by atoms with van der Waals surface area (Å²) < 4.78 is 21.2. The van der Waals surface area contributed by atoms with E-state index >= 15 is 0 Å². The molecule has 3 aliphatic rings. The van der Waals surface area contributed by atoms with Gasteiger partial charge in [-0.3, -0.25) is 14.4 Å². The number of Topliss-reactive ketones (excluding diaryl/α,β-unsaturated/α-hetero) is 2. The second kappa shape index (κ2) is 7.33. The molecule has 2 aliphatic heterocycles. The molecule has 1 aliphatic carbocycles. The third-order valence-electron chi connectivity index (χ3n) is 5.53. The van der Waals surface area contributed by atoms with Crippen molar-refractivity contribution < 1.29 is 33.3 Å². The molecule has 0 spiro atoms. The van der Waals surface area contributed by atoms with Crippen LogP contribution in [0.2, 0.25) is 0 Å². The van der Waals surface area contributed by atoms with Gasteiger partial charge in [0.05, 0.1) is 0 Å². The molecular weight excluding hydrogens is 388 g/mol. The van der Waals surface area contributed by atoms with Crippen LogP contribution in [0.1, 0.15) is 29.9 Å². The van der Waals surface area contributed by atoms with Crippen molar-refractivity contribution in [3.05, 3.63) is 53.6 Å². The molecule has 0 bridgehead atoms. The Balaban J connectivity index is 1.28. The Morgan fingerprint density at radius 2 is 1.40 bits per heavy atom. The van der Waals surface area contributed by atoms with Gasteiger partial charge < -0.3 is 18.9 Å². The Hall–Kier alpha value is -3.61. The standard InChI is InChI=1S/C23H18O7/c24-16(4-1-13-2-5-19-21(7-13)29-11-27-19)23-17(25)8-15(9-18(23)26)14-3-6-20-22(10-14)30-12-28-20/h1-7,10,15,23H,8-9,11-12H2. The van der Waals surface area contributed by atoms with Gasteiger partial charge in [0.25, 0.3) is 0 Å². The molecule has 5 rings (SSSR count). The number of ether oxygens (including phenoxy) is 4. The van der Waals surface area contributed by atoms with Gasteiger partial charge in [-0.1, -0.05) is 18.2 Å². The topological polar surface area (TPSA) is 88.1 Å². The van der Waals surface area contributed by atoms with Crippen LogP contribution in [0.25, 0.3) is 6.08 Å². The molecule has 0 N–H and O–H groups in total. The average Bonchev–Trinajstić information content (AvgIpc) is 3.39. The average molecular weight is 406 g/mol. The minimum atomic E-state index is -1.24. The lowest BCUT2D eigenvalue weighted by Crippen LogP contribution is -2.37. The molecule has 0 atom stereocenters. The van der Waals surface area contributed by atoms with Crippen molar-refractivity contribution in [2.75, 3.05) is 13.6 Å². The SMILES string of the molecule is O=C(C=Cc1ccc2c(c1)OCO2)C1C(=O)CC(c2ccc3c(c2)OCO3)CC1=O. The van der Waals surface area contributed by atoms with Crippen molar-refractivity contribution in [1.82, 2.24) is 0 Å². The fraction of sp³-hybridized carbons (Fsp3) is 0.261. The Morgan fingerprint density at radius 3 is 2.10 bits per heavy atom. The Morgan fingerprint density at radius 1 is 0.800 bits per heavy atom. The van der Waals surface area contributed by atoms with E-state index in [1.807, 2.05) is 6.07 Å².